The number of allylic oxidation sites excluding steroid dienone is 2. The number of carbonyl (C=O) groups excluding carboxylic acids is 1. The van der Waals surface area contributed by atoms with E-state index in [1.54, 1.807) is 30.4 Å². The second-order valence-corrected chi connectivity index (χ2v) is 10.6. The Morgan fingerprint density at radius 3 is 2.43 bits per heavy atom. The van der Waals surface area contributed by atoms with Crippen molar-refractivity contribution in [3.05, 3.63) is 84.7 Å². The SMILES string of the molecule is O=C(O)N1C=CC=CC1.O=C(c1ccc(NS(=O)(=O)c2cccc3cccnc23)c(OC(F)(F)F)c1)N1CCNCC1. The van der Waals surface area contributed by atoms with Gasteiger partial charge in [-0.15, -0.1) is 13.2 Å². The molecule has 2 aromatic carbocycles. The third-order valence-electron chi connectivity index (χ3n) is 6.05. The van der Waals surface area contributed by atoms with Gasteiger partial charge in [-0.2, -0.15) is 0 Å². The number of fused-ring (bicyclic) bond motifs is 1. The predicted octanol–water partition coefficient (Wildman–Crippen LogP) is 4.03. The van der Waals surface area contributed by atoms with Crippen molar-refractivity contribution in [1.29, 1.82) is 0 Å². The number of sulfonamides is 1. The molecule has 3 N–H and O–H groups in total. The van der Waals surface area contributed by atoms with Gasteiger partial charge in [-0.1, -0.05) is 30.4 Å². The number of carbonyl (C=O) groups is 2. The maximum absolute atomic E-state index is 13.1. The molecule has 0 unspecified atom stereocenters. The number of pyridine rings is 1. The Balaban J connectivity index is 0.000000385. The van der Waals surface area contributed by atoms with Crippen LogP contribution in [0.5, 0.6) is 5.75 Å². The molecule has 0 radical (unpaired) electrons. The predicted molar refractivity (Wildman–Crippen MR) is 147 cm³/mol. The normalized spacial score (nSPS) is 15.1. The number of alkyl halides is 3. The van der Waals surface area contributed by atoms with Crippen LogP contribution in [-0.4, -0.2) is 79.4 Å². The quantitative estimate of drug-likeness (QED) is 0.396. The zero-order chi connectivity index (χ0) is 30.3. The molecule has 0 aliphatic carbocycles. The number of anilines is 1. The number of rotatable bonds is 5. The highest BCUT2D eigenvalue weighted by molar-refractivity contribution is 7.93. The van der Waals surface area contributed by atoms with E-state index >= 15 is 0 Å². The number of carboxylic acid groups (broad SMARTS) is 1. The first-order valence-corrected chi connectivity index (χ1v) is 14.0. The van der Waals surface area contributed by atoms with Gasteiger partial charge in [-0.25, -0.2) is 13.2 Å². The number of para-hydroxylation sites is 1. The fraction of sp³-hybridized carbons (Fsp3) is 0.222. The molecular formula is C27H26F3N5O6S. The fourth-order valence-electron chi connectivity index (χ4n) is 4.10. The Kier molecular flexibility index (Phi) is 9.32. The molecule has 0 spiro atoms. The molecule has 1 aromatic heterocycles. The summed E-state index contributed by atoms with van der Waals surface area (Å²) >= 11 is 0. The van der Waals surface area contributed by atoms with Gasteiger partial charge in [0.05, 0.1) is 11.2 Å². The maximum Gasteiger partial charge on any atom is 0.573 e. The van der Waals surface area contributed by atoms with E-state index in [4.69, 9.17) is 5.11 Å². The van der Waals surface area contributed by atoms with Crippen LogP contribution in [0, 0.1) is 0 Å². The molecule has 0 atom stereocenters. The summed E-state index contributed by atoms with van der Waals surface area (Å²) in [5.74, 6) is -1.31. The molecule has 3 aromatic rings. The summed E-state index contributed by atoms with van der Waals surface area (Å²) in [6.45, 7) is 2.39. The Bertz CT molecular complexity index is 1620. The smallest absolute Gasteiger partial charge is 0.465 e. The Morgan fingerprint density at radius 2 is 1.79 bits per heavy atom. The summed E-state index contributed by atoms with van der Waals surface area (Å²) in [7, 11) is -4.34. The van der Waals surface area contributed by atoms with E-state index < -0.39 is 39.8 Å². The number of nitrogens with zero attached hydrogens (tertiary/aromatic N) is 3. The highest BCUT2D eigenvalue weighted by Crippen LogP contribution is 2.34. The largest absolute Gasteiger partial charge is 0.573 e. The number of ether oxygens (including phenoxy) is 1. The minimum Gasteiger partial charge on any atom is -0.465 e. The standard InChI is InChI=1S/C21H19F3N4O4S.C6H7NO2/c22-21(23,24)32-17-13-15(20(29)28-11-9-25-10-12-28)6-7-16(17)27-33(30,31)18-5-1-3-14-4-2-8-26-19(14)18;8-6(9)7-4-2-1-3-5-7/h1-8,13,25,27H,9-12H2;1-4H,5H2,(H,8,9). The summed E-state index contributed by atoms with van der Waals surface area (Å²) in [6, 6.07) is 11.0. The van der Waals surface area contributed by atoms with E-state index in [0.29, 0.717) is 38.1 Å². The van der Waals surface area contributed by atoms with Gasteiger partial charge < -0.3 is 20.1 Å². The molecule has 3 heterocycles. The second-order valence-electron chi connectivity index (χ2n) is 8.94. The number of hydrogen-bond acceptors (Lipinski definition) is 7. The first kappa shape index (κ1) is 30.3. The van der Waals surface area contributed by atoms with E-state index in [9.17, 15) is 31.2 Å². The second kappa shape index (κ2) is 12.9. The average molecular weight is 606 g/mol. The highest BCUT2D eigenvalue weighted by Gasteiger charge is 2.34. The number of amides is 2. The lowest BCUT2D eigenvalue weighted by Crippen LogP contribution is -2.46. The first-order chi connectivity index (χ1) is 19.9. The highest BCUT2D eigenvalue weighted by atomic mass is 32.2. The molecule has 0 saturated carbocycles. The van der Waals surface area contributed by atoms with Crippen LogP contribution >= 0.6 is 0 Å². The number of nitrogens with one attached hydrogen (secondary N) is 2. The van der Waals surface area contributed by atoms with Crippen molar-refractivity contribution in [2.75, 3.05) is 37.4 Å². The lowest BCUT2D eigenvalue weighted by molar-refractivity contribution is -0.274. The molecule has 5 rings (SSSR count). The lowest BCUT2D eigenvalue weighted by Gasteiger charge is -2.27. The minimum absolute atomic E-state index is 0.0501. The van der Waals surface area contributed by atoms with Crippen molar-refractivity contribution in [3.8, 4) is 5.75 Å². The molecule has 222 valence electrons. The molecule has 15 heteroatoms. The molecular weight excluding hydrogens is 579 g/mol. The van der Waals surface area contributed by atoms with Crippen LogP contribution in [0.1, 0.15) is 10.4 Å². The molecule has 1 fully saturated rings. The summed E-state index contributed by atoms with van der Waals surface area (Å²) in [5, 5.41) is 12.0. The van der Waals surface area contributed by atoms with Gasteiger partial charge in [0.25, 0.3) is 15.9 Å². The van der Waals surface area contributed by atoms with Gasteiger partial charge in [0, 0.05) is 56.1 Å². The summed E-state index contributed by atoms with van der Waals surface area (Å²) < 4.78 is 71.4. The maximum atomic E-state index is 13.1. The van der Waals surface area contributed by atoms with Crippen LogP contribution in [0.4, 0.5) is 23.7 Å². The van der Waals surface area contributed by atoms with Crippen LogP contribution in [-0.2, 0) is 10.0 Å². The van der Waals surface area contributed by atoms with Crippen molar-refractivity contribution >= 4 is 38.6 Å². The van der Waals surface area contributed by atoms with Crippen molar-refractivity contribution in [3.63, 3.8) is 0 Å². The van der Waals surface area contributed by atoms with Gasteiger partial charge in [-0.3, -0.25) is 19.4 Å². The third kappa shape index (κ3) is 7.76. The summed E-state index contributed by atoms with van der Waals surface area (Å²) in [5.41, 5.74) is -0.348. The van der Waals surface area contributed by atoms with Crippen LogP contribution < -0.4 is 14.8 Å². The van der Waals surface area contributed by atoms with Crippen molar-refractivity contribution in [1.82, 2.24) is 20.1 Å². The molecule has 42 heavy (non-hydrogen) atoms. The topological polar surface area (TPSA) is 141 Å². The van der Waals surface area contributed by atoms with Crippen LogP contribution in [0.25, 0.3) is 10.9 Å². The fourth-order valence-corrected chi connectivity index (χ4v) is 5.35. The Morgan fingerprint density at radius 1 is 1.05 bits per heavy atom. The van der Waals surface area contributed by atoms with E-state index in [1.165, 1.54) is 40.4 Å². The summed E-state index contributed by atoms with van der Waals surface area (Å²) in [4.78, 5) is 29.5. The third-order valence-corrected chi connectivity index (χ3v) is 7.45. The number of benzene rings is 2. The zero-order valence-electron chi connectivity index (χ0n) is 21.9. The summed E-state index contributed by atoms with van der Waals surface area (Å²) in [6.07, 6.45) is 2.23. The van der Waals surface area contributed by atoms with Gasteiger partial charge in [-0.05, 0) is 36.4 Å². The lowest BCUT2D eigenvalue weighted by atomic mass is 10.1. The van der Waals surface area contributed by atoms with Crippen LogP contribution in [0.15, 0.2) is 84.1 Å². The van der Waals surface area contributed by atoms with Crippen molar-refractivity contribution in [2.24, 2.45) is 0 Å². The molecule has 2 aliphatic rings. The molecule has 2 aliphatic heterocycles. The molecule has 2 amide bonds. The molecule has 1 saturated heterocycles. The Hall–Kier alpha value is -4.63. The van der Waals surface area contributed by atoms with Gasteiger partial charge >= 0.3 is 12.5 Å². The van der Waals surface area contributed by atoms with E-state index in [1.807, 2.05) is 6.08 Å². The minimum atomic E-state index is -5.10. The first-order valence-electron chi connectivity index (χ1n) is 12.5. The number of halogens is 3. The van der Waals surface area contributed by atoms with Gasteiger partial charge in [0.15, 0.2) is 5.75 Å². The number of aromatic nitrogens is 1. The Labute approximate surface area is 238 Å². The van der Waals surface area contributed by atoms with Crippen molar-refractivity contribution in [2.45, 2.75) is 11.3 Å². The monoisotopic (exact) mass is 605 g/mol. The van der Waals surface area contributed by atoms with Crippen molar-refractivity contribution < 1.29 is 41.0 Å². The van der Waals surface area contributed by atoms with E-state index in [0.717, 1.165) is 12.1 Å². The van der Waals surface area contributed by atoms with Gasteiger partial charge in [0.2, 0.25) is 0 Å². The van der Waals surface area contributed by atoms with Crippen LogP contribution in [0.3, 0.4) is 0 Å². The molecule has 0 bridgehead atoms. The molecule has 11 nitrogen and oxygen atoms in total. The van der Waals surface area contributed by atoms with Gasteiger partial charge in [0.1, 0.15) is 4.90 Å². The van der Waals surface area contributed by atoms with Crippen LogP contribution in [0.2, 0.25) is 0 Å². The number of piperazine rings is 1. The zero-order valence-corrected chi connectivity index (χ0v) is 22.7. The average Bonchev–Trinajstić information content (AvgIpc) is 2.98. The van der Waals surface area contributed by atoms with E-state index in [-0.39, 0.29) is 16.0 Å². The van der Waals surface area contributed by atoms with E-state index in [2.05, 4.69) is 19.8 Å². The number of hydrogen-bond donors (Lipinski definition) is 3.